The molecule has 0 aromatic carbocycles. The van der Waals surface area contributed by atoms with Crippen LogP contribution in [0, 0.1) is 17.0 Å². The van der Waals surface area contributed by atoms with Crippen molar-refractivity contribution >= 4 is 17.5 Å². The average Bonchev–Trinajstić information content (AvgIpc) is 2.27. The number of nitro groups is 1. The van der Waals surface area contributed by atoms with Gasteiger partial charge in [-0.1, -0.05) is 0 Å². The van der Waals surface area contributed by atoms with Crippen LogP contribution in [-0.2, 0) is 0 Å². The molecule has 1 aliphatic heterocycles. The molecule has 1 aromatic heterocycles. The molecule has 0 spiro atoms. The lowest BCUT2D eigenvalue weighted by Gasteiger charge is -2.30. The molecule has 0 saturated carbocycles. The van der Waals surface area contributed by atoms with Crippen molar-refractivity contribution < 1.29 is 10.0 Å². The first-order valence-corrected chi connectivity index (χ1v) is 5.70. The second-order valence-corrected chi connectivity index (χ2v) is 4.34. The maximum Gasteiger partial charge on any atom is 0.332 e. The number of nitrogens with two attached hydrogens (primary N) is 1. The number of piperidine rings is 1. The van der Waals surface area contributed by atoms with Crippen molar-refractivity contribution in [1.82, 2.24) is 9.97 Å². The SMILES string of the molecule is Cc1nc(N)nc(N2CCCC(O)C2)c1[N+](=O)[O-]. The van der Waals surface area contributed by atoms with E-state index in [-0.39, 0.29) is 23.1 Å². The number of aliphatic hydroxyl groups excluding tert-OH is 1. The molecule has 8 nitrogen and oxygen atoms in total. The second kappa shape index (κ2) is 4.73. The third-order valence-corrected chi connectivity index (χ3v) is 2.94. The molecule has 1 unspecified atom stereocenters. The van der Waals surface area contributed by atoms with Gasteiger partial charge >= 0.3 is 5.69 Å². The van der Waals surface area contributed by atoms with E-state index in [0.29, 0.717) is 19.5 Å². The largest absolute Gasteiger partial charge is 0.391 e. The molecule has 0 aliphatic carbocycles. The standard InChI is InChI=1S/C10H15N5O3/c1-6-8(15(17)18)9(13-10(11)12-6)14-4-2-3-7(16)5-14/h7,16H,2-5H2,1H3,(H2,11,12,13). The lowest BCUT2D eigenvalue weighted by atomic mass is 10.1. The second-order valence-electron chi connectivity index (χ2n) is 4.34. The Balaban J connectivity index is 2.44. The summed E-state index contributed by atoms with van der Waals surface area (Å²) in [4.78, 5) is 20.0. The Kier molecular flexibility index (Phi) is 3.28. The summed E-state index contributed by atoms with van der Waals surface area (Å²) in [5.41, 5.74) is 5.63. The van der Waals surface area contributed by atoms with E-state index < -0.39 is 11.0 Å². The minimum Gasteiger partial charge on any atom is -0.391 e. The summed E-state index contributed by atoms with van der Waals surface area (Å²) in [6, 6.07) is 0. The van der Waals surface area contributed by atoms with Crippen molar-refractivity contribution in [2.45, 2.75) is 25.9 Å². The fourth-order valence-electron chi connectivity index (χ4n) is 2.15. The van der Waals surface area contributed by atoms with Gasteiger partial charge in [0.1, 0.15) is 5.69 Å². The summed E-state index contributed by atoms with van der Waals surface area (Å²) in [6.07, 6.45) is 0.973. The summed E-state index contributed by atoms with van der Waals surface area (Å²) in [6.45, 7) is 2.48. The van der Waals surface area contributed by atoms with Gasteiger partial charge in [-0.2, -0.15) is 4.98 Å². The fraction of sp³-hybridized carbons (Fsp3) is 0.600. The Morgan fingerprint density at radius 1 is 1.56 bits per heavy atom. The zero-order valence-electron chi connectivity index (χ0n) is 10.0. The lowest BCUT2D eigenvalue weighted by molar-refractivity contribution is -0.385. The van der Waals surface area contributed by atoms with Crippen LogP contribution in [0.5, 0.6) is 0 Å². The third-order valence-electron chi connectivity index (χ3n) is 2.94. The predicted molar refractivity (Wildman–Crippen MR) is 65.3 cm³/mol. The predicted octanol–water partition coefficient (Wildman–Crippen LogP) is 0.237. The van der Waals surface area contributed by atoms with Crippen molar-refractivity contribution in [3.8, 4) is 0 Å². The maximum absolute atomic E-state index is 11.1. The number of hydrogen-bond acceptors (Lipinski definition) is 7. The van der Waals surface area contributed by atoms with Crippen LogP contribution >= 0.6 is 0 Å². The Labute approximate surface area is 104 Å². The van der Waals surface area contributed by atoms with E-state index in [0.717, 1.165) is 6.42 Å². The number of aliphatic hydroxyl groups is 1. The number of nitrogen functional groups attached to an aromatic ring is 1. The Bertz CT molecular complexity index is 479. The van der Waals surface area contributed by atoms with Crippen LogP contribution < -0.4 is 10.6 Å². The van der Waals surface area contributed by atoms with E-state index in [1.807, 2.05) is 0 Å². The number of anilines is 2. The Hall–Kier alpha value is -1.96. The first-order valence-electron chi connectivity index (χ1n) is 5.70. The fourth-order valence-corrected chi connectivity index (χ4v) is 2.15. The molecule has 2 heterocycles. The zero-order chi connectivity index (χ0) is 13.3. The molecule has 8 heteroatoms. The van der Waals surface area contributed by atoms with E-state index >= 15 is 0 Å². The van der Waals surface area contributed by atoms with Crippen LogP contribution in [0.25, 0.3) is 0 Å². The molecule has 98 valence electrons. The molecular formula is C10H15N5O3. The summed E-state index contributed by atoms with van der Waals surface area (Å²) < 4.78 is 0. The van der Waals surface area contributed by atoms with Crippen LogP contribution in [0.15, 0.2) is 0 Å². The van der Waals surface area contributed by atoms with Gasteiger partial charge in [-0.25, -0.2) is 4.98 Å². The number of nitrogens with zero attached hydrogens (tertiary/aromatic N) is 4. The summed E-state index contributed by atoms with van der Waals surface area (Å²) >= 11 is 0. The van der Waals surface area contributed by atoms with Crippen molar-refractivity contribution in [2.75, 3.05) is 23.7 Å². The van der Waals surface area contributed by atoms with Gasteiger partial charge in [-0.15, -0.1) is 0 Å². The molecule has 18 heavy (non-hydrogen) atoms. The zero-order valence-corrected chi connectivity index (χ0v) is 10.0. The number of β-amino-alcohol motifs (C(OH)–C–C–N with tert-alkyl or cyclic N) is 1. The molecule has 0 bridgehead atoms. The van der Waals surface area contributed by atoms with Crippen LogP contribution in [-0.4, -0.2) is 39.2 Å². The summed E-state index contributed by atoms with van der Waals surface area (Å²) in [7, 11) is 0. The van der Waals surface area contributed by atoms with Gasteiger partial charge in [-0.05, 0) is 19.8 Å². The van der Waals surface area contributed by atoms with Gasteiger partial charge in [0.15, 0.2) is 0 Å². The molecular weight excluding hydrogens is 238 g/mol. The molecule has 1 aromatic rings. The van der Waals surface area contributed by atoms with Crippen molar-refractivity contribution in [3.63, 3.8) is 0 Å². The summed E-state index contributed by atoms with van der Waals surface area (Å²) in [5, 5.41) is 20.7. The van der Waals surface area contributed by atoms with Crippen LogP contribution in [0.2, 0.25) is 0 Å². The van der Waals surface area contributed by atoms with Gasteiger partial charge in [-0.3, -0.25) is 10.1 Å². The van der Waals surface area contributed by atoms with Gasteiger partial charge in [0.25, 0.3) is 0 Å². The first-order chi connectivity index (χ1) is 8.49. The van der Waals surface area contributed by atoms with Crippen LogP contribution in [0.3, 0.4) is 0 Å². The van der Waals surface area contributed by atoms with Crippen molar-refractivity contribution in [1.29, 1.82) is 0 Å². The highest BCUT2D eigenvalue weighted by atomic mass is 16.6. The first kappa shape index (κ1) is 12.5. The minimum atomic E-state index is -0.509. The lowest BCUT2D eigenvalue weighted by Crippen LogP contribution is -2.39. The number of hydrogen-bond donors (Lipinski definition) is 2. The normalized spacial score (nSPS) is 19.9. The van der Waals surface area contributed by atoms with Crippen LogP contribution in [0.1, 0.15) is 18.5 Å². The average molecular weight is 253 g/mol. The van der Waals surface area contributed by atoms with Gasteiger partial charge in [0.2, 0.25) is 11.8 Å². The quantitative estimate of drug-likeness (QED) is 0.572. The van der Waals surface area contributed by atoms with E-state index in [9.17, 15) is 15.2 Å². The molecule has 1 aliphatic rings. The highest BCUT2D eigenvalue weighted by molar-refractivity contribution is 5.62. The smallest absolute Gasteiger partial charge is 0.332 e. The van der Waals surface area contributed by atoms with Crippen molar-refractivity contribution in [2.24, 2.45) is 0 Å². The van der Waals surface area contributed by atoms with E-state index in [1.54, 1.807) is 4.90 Å². The molecule has 0 radical (unpaired) electrons. The van der Waals surface area contributed by atoms with E-state index in [1.165, 1.54) is 6.92 Å². The molecule has 0 amide bonds. The van der Waals surface area contributed by atoms with Gasteiger partial charge in [0.05, 0.1) is 11.0 Å². The van der Waals surface area contributed by atoms with Gasteiger partial charge < -0.3 is 15.7 Å². The maximum atomic E-state index is 11.1. The highest BCUT2D eigenvalue weighted by Gasteiger charge is 2.29. The molecule has 3 N–H and O–H groups in total. The third kappa shape index (κ3) is 2.33. The molecule has 2 rings (SSSR count). The molecule has 1 saturated heterocycles. The molecule has 1 fully saturated rings. The van der Waals surface area contributed by atoms with Gasteiger partial charge in [0, 0.05) is 13.1 Å². The highest BCUT2D eigenvalue weighted by Crippen LogP contribution is 2.30. The molecule has 1 atom stereocenters. The summed E-state index contributed by atoms with van der Waals surface area (Å²) in [5.74, 6) is 0.205. The monoisotopic (exact) mass is 253 g/mol. The Morgan fingerprint density at radius 2 is 2.28 bits per heavy atom. The minimum absolute atomic E-state index is 0.00756. The Morgan fingerprint density at radius 3 is 2.89 bits per heavy atom. The van der Waals surface area contributed by atoms with Crippen molar-refractivity contribution in [3.05, 3.63) is 15.8 Å². The number of rotatable bonds is 2. The van der Waals surface area contributed by atoms with Crippen LogP contribution in [0.4, 0.5) is 17.5 Å². The van der Waals surface area contributed by atoms with E-state index in [2.05, 4.69) is 9.97 Å². The number of aryl methyl sites for hydroxylation is 1. The number of aromatic nitrogens is 2. The topological polar surface area (TPSA) is 118 Å². The van der Waals surface area contributed by atoms with E-state index in [4.69, 9.17) is 5.73 Å².